The van der Waals surface area contributed by atoms with Gasteiger partial charge in [0, 0.05) is 6.54 Å². The quantitative estimate of drug-likeness (QED) is 0.643. The maximum atomic E-state index is 11.8. The van der Waals surface area contributed by atoms with Crippen molar-refractivity contribution in [1.29, 1.82) is 0 Å². The highest BCUT2D eigenvalue weighted by molar-refractivity contribution is 5.85. The van der Waals surface area contributed by atoms with Gasteiger partial charge in [-0.25, -0.2) is 0 Å². The van der Waals surface area contributed by atoms with Crippen LogP contribution in [0.2, 0.25) is 0 Å². The molecule has 1 atom stereocenters. The molecule has 0 aliphatic rings. The molecule has 0 aromatic heterocycles. The molecule has 3 N–H and O–H groups in total. The first-order chi connectivity index (χ1) is 7.75. The predicted octanol–water partition coefficient (Wildman–Crippen LogP) is 2.84. The number of nitrogens with one attached hydrogen (secondary N) is 1. The lowest BCUT2D eigenvalue weighted by Crippen LogP contribution is -2.52. The third kappa shape index (κ3) is 6.67. The summed E-state index contributed by atoms with van der Waals surface area (Å²) in [6.45, 7) is 11.0. The molecule has 1 amide bonds. The first-order valence-corrected chi connectivity index (χ1v) is 6.82. The summed E-state index contributed by atoms with van der Waals surface area (Å²) in [6, 6.07) is 0. The third-order valence-electron chi connectivity index (χ3n) is 3.44. The van der Waals surface area contributed by atoms with Crippen molar-refractivity contribution in [3.63, 3.8) is 0 Å². The summed E-state index contributed by atoms with van der Waals surface area (Å²) < 4.78 is 0. The smallest absolute Gasteiger partial charge is 0.239 e. The lowest BCUT2D eigenvalue weighted by Gasteiger charge is -2.28. The fourth-order valence-electron chi connectivity index (χ4n) is 1.62. The van der Waals surface area contributed by atoms with Crippen LogP contribution >= 0.6 is 0 Å². The Bertz CT molecular complexity index is 234. The second-order valence-corrected chi connectivity index (χ2v) is 6.08. The second-order valence-electron chi connectivity index (χ2n) is 6.08. The Morgan fingerprint density at radius 3 is 2.24 bits per heavy atom. The molecule has 0 bridgehead atoms. The van der Waals surface area contributed by atoms with Crippen molar-refractivity contribution in [3.8, 4) is 0 Å². The van der Waals surface area contributed by atoms with E-state index in [0.717, 1.165) is 6.42 Å². The minimum Gasteiger partial charge on any atom is -0.354 e. The van der Waals surface area contributed by atoms with Gasteiger partial charge >= 0.3 is 0 Å². The van der Waals surface area contributed by atoms with Crippen molar-refractivity contribution in [2.45, 2.75) is 72.3 Å². The monoisotopic (exact) mass is 242 g/mol. The van der Waals surface area contributed by atoms with E-state index in [1.807, 2.05) is 6.92 Å². The molecular weight excluding hydrogens is 212 g/mol. The minimum atomic E-state index is -0.737. The Kier molecular flexibility index (Phi) is 6.76. The molecule has 0 aliphatic heterocycles. The number of carbonyl (C=O) groups excluding carboxylic acids is 1. The Morgan fingerprint density at radius 2 is 1.76 bits per heavy atom. The van der Waals surface area contributed by atoms with Gasteiger partial charge in [0.25, 0.3) is 0 Å². The largest absolute Gasteiger partial charge is 0.354 e. The topological polar surface area (TPSA) is 55.1 Å². The molecule has 0 spiro atoms. The standard InChI is InChI=1S/C14H30N2O/c1-6-8-9-10-13(3,4)11-16-12(17)14(5,15)7-2/h6-11,15H2,1-5H3,(H,16,17). The van der Waals surface area contributed by atoms with Crippen LogP contribution in [0.3, 0.4) is 0 Å². The van der Waals surface area contributed by atoms with Gasteiger partial charge < -0.3 is 11.1 Å². The van der Waals surface area contributed by atoms with Crippen molar-refractivity contribution in [1.82, 2.24) is 5.32 Å². The van der Waals surface area contributed by atoms with Crippen molar-refractivity contribution >= 4 is 5.91 Å². The van der Waals surface area contributed by atoms with Crippen molar-refractivity contribution < 1.29 is 4.79 Å². The normalized spacial score (nSPS) is 15.4. The SMILES string of the molecule is CCCCCC(C)(C)CNC(=O)C(C)(N)CC. The van der Waals surface area contributed by atoms with E-state index in [1.165, 1.54) is 19.3 Å². The van der Waals surface area contributed by atoms with Crippen molar-refractivity contribution in [3.05, 3.63) is 0 Å². The van der Waals surface area contributed by atoms with Crippen LogP contribution in [-0.4, -0.2) is 18.0 Å². The van der Waals surface area contributed by atoms with Gasteiger partial charge in [-0.15, -0.1) is 0 Å². The lowest BCUT2D eigenvalue weighted by molar-refractivity contribution is -0.126. The van der Waals surface area contributed by atoms with E-state index in [4.69, 9.17) is 5.73 Å². The number of hydrogen-bond acceptors (Lipinski definition) is 2. The first-order valence-electron chi connectivity index (χ1n) is 6.82. The van der Waals surface area contributed by atoms with Gasteiger partial charge in [-0.1, -0.05) is 47.0 Å². The lowest BCUT2D eigenvalue weighted by atomic mass is 9.86. The molecule has 0 fully saturated rings. The van der Waals surface area contributed by atoms with E-state index >= 15 is 0 Å². The zero-order chi connectivity index (χ0) is 13.5. The van der Waals surface area contributed by atoms with E-state index in [2.05, 4.69) is 26.1 Å². The molecule has 0 aromatic rings. The molecule has 102 valence electrons. The molecule has 17 heavy (non-hydrogen) atoms. The molecule has 0 heterocycles. The van der Waals surface area contributed by atoms with Crippen LogP contribution in [0.25, 0.3) is 0 Å². The maximum absolute atomic E-state index is 11.8. The van der Waals surface area contributed by atoms with E-state index in [-0.39, 0.29) is 11.3 Å². The van der Waals surface area contributed by atoms with E-state index < -0.39 is 5.54 Å². The summed E-state index contributed by atoms with van der Waals surface area (Å²) in [4.78, 5) is 11.8. The number of carbonyl (C=O) groups is 1. The Labute approximate surface area is 107 Å². The van der Waals surface area contributed by atoms with Crippen LogP contribution in [0.15, 0.2) is 0 Å². The minimum absolute atomic E-state index is 0.0384. The highest BCUT2D eigenvalue weighted by atomic mass is 16.2. The Balaban J connectivity index is 4.04. The molecule has 1 unspecified atom stereocenters. The first kappa shape index (κ1) is 16.4. The summed E-state index contributed by atoms with van der Waals surface area (Å²) in [6.07, 6.45) is 5.54. The van der Waals surface area contributed by atoms with E-state index in [9.17, 15) is 4.79 Å². The van der Waals surface area contributed by atoms with Crippen molar-refractivity contribution in [2.24, 2.45) is 11.1 Å². The Morgan fingerprint density at radius 1 is 1.18 bits per heavy atom. The Hall–Kier alpha value is -0.570. The molecule has 0 aliphatic carbocycles. The molecule has 0 saturated carbocycles. The summed E-state index contributed by atoms with van der Waals surface area (Å²) in [7, 11) is 0. The van der Waals surface area contributed by atoms with Crippen LogP contribution < -0.4 is 11.1 Å². The van der Waals surface area contributed by atoms with E-state index in [0.29, 0.717) is 13.0 Å². The van der Waals surface area contributed by atoms with Crippen LogP contribution in [0.5, 0.6) is 0 Å². The summed E-state index contributed by atoms with van der Waals surface area (Å²) >= 11 is 0. The second kappa shape index (κ2) is 7.00. The van der Waals surface area contributed by atoms with Gasteiger partial charge in [0.15, 0.2) is 0 Å². The number of hydrogen-bond donors (Lipinski definition) is 2. The number of nitrogens with two attached hydrogens (primary N) is 1. The average molecular weight is 242 g/mol. The zero-order valence-electron chi connectivity index (χ0n) is 12.2. The van der Waals surface area contributed by atoms with Gasteiger partial charge in [-0.2, -0.15) is 0 Å². The highest BCUT2D eigenvalue weighted by Gasteiger charge is 2.27. The summed E-state index contributed by atoms with van der Waals surface area (Å²) in [5, 5.41) is 2.98. The molecule has 0 aromatic carbocycles. The summed E-state index contributed by atoms with van der Waals surface area (Å²) in [5.74, 6) is -0.0384. The zero-order valence-corrected chi connectivity index (χ0v) is 12.2. The van der Waals surface area contributed by atoms with Gasteiger partial charge in [0.1, 0.15) is 0 Å². The van der Waals surface area contributed by atoms with Crippen molar-refractivity contribution in [2.75, 3.05) is 6.54 Å². The predicted molar refractivity (Wildman–Crippen MR) is 73.8 cm³/mol. The number of rotatable bonds is 8. The molecule has 3 heteroatoms. The molecule has 0 radical (unpaired) electrons. The summed E-state index contributed by atoms with van der Waals surface area (Å²) in [5.41, 5.74) is 5.32. The fourth-order valence-corrected chi connectivity index (χ4v) is 1.62. The van der Waals surface area contributed by atoms with E-state index in [1.54, 1.807) is 6.92 Å². The van der Waals surface area contributed by atoms with Gasteiger partial charge in [-0.05, 0) is 25.2 Å². The van der Waals surface area contributed by atoms with Crippen LogP contribution in [-0.2, 0) is 4.79 Å². The number of unbranched alkanes of at least 4 members (excludes halogenated alkanes) is 2. The maximum Gasteiger partial charge on any atom is 0.239 e. The molecule has 0 saturated heterocycles. The van der Waals surface area contributed by atoms with Gasteiger partial charge in [0.2, 0.25) is 5.91 Å². The van der Waals surface area contributed by atoms with Crippen LogP contribution in [0.4, 0.5) is 0 Å². The average Bonchev–Trinajstić information content (AvgIpc) is 2.26. The highest BCUT2D eigenvalue weighted by Crippen LogP contribution is 2.22. The fraction of sp³-hybridized carbons (Fsp3) is 0.929. The molecular formula is C14H30N2O. The van der Waals surface area contributed by atoms with Crippen LogP contribution in [0.1, 0.15) is 66.7 Å². The van der Waals surface area contributed by atoms with Crippen LogP contribution in [0, 0.1) is 5.41 Å². The van der Waals surface area contributed by atoms with Gasteiger partial charge in [-0.3, -0.25) is 4.79 Å². The molecule has 3 nitrogen and oxygen atoms in total. The third-order valence-corrected chi connectivity index (χ3v) is 3.44. The number of amides is 1. The molecule has 0 rings (SSSR count). The van der Waals surface area contributed by atoms with Gasteiger partial charge in [0.05, 0.1) is 5.54 Å².